The zero-order chi connectivity index (χ0) is 14.9. The number of H-pyrrole nitrogens is 2. The van der Waals surface area contributed by atoms with Crippen molar-refractivity contribution in [2.75, 3.05) is 19.8 Å². The van der Waals surface area contributed by atoms with Gasteiger partial charge in [0.15, 0.2) is 4.90 Å². The van der Waals surface area contributed by atoms with Gasteiger partial charge in [0.25, 0.3) is 5.56 Å². The highest BCUT2D eigenvalue weighted by Gasteiger charge is 2.36. The lowest BCUT2D eigenvalue weighted by Gasteiger charge is -2.36. The molecule has 1 aromatic rings. The molecule has 10 heteroatoms. The standard InChI is InChI=1S/C10H15N3O6S/c1-6-5-19-7(4-14)3-13(6)20(17,18)8-2-11-10(16)12-9(8)15/h2,6-7,14H,3-5H2,1H3,(H2,11,12,15,16). The van der Waals surface area contributed by atoms with Crippen molar-refractivity contribution in [1.82, 2.24) is 14.3 Å². The quantitative estimate of drug-likeness (QED) is 0.582. The van der Waals surface area contributed by atoms with E-state index in [9.17, 15) is 18.0 Å². The fourth-order valence-corrected chi connectivity index (χ4v) is 3.60. The molecule has 3 N–H and O–H groups in total. The van der Waals surface area contributed by atoms with Gasteiger partial charge in [-0.05, 0) is 6.92 Å². The summed E-state index contributed by atoms with van der Waals surface area (Å²) in [5, 5.41) is 9.06. The molecule has 0 aliphatic carbocycles. The molecule has 0 aromatic carbocycles. The van der Waals surface area contributed by atoms with Crippen LogP contribution in [0.5, 0.6) is 0 Å². The predicted molar refractivity (Wildman–Crippen MR) is 67.9 cm³/mol. The van der Waals surface area contributed by atoms with E-state index in [-0.39, 0.29) is 19.8 Å². The first-order chi connectivity index (χ1) is 9.36. The molecule has 2 unspecified atom stereocenters. The zero-order valence-corrected chi connectivity index (χ0v) is 11.5. The lowest BCUT2D eigenvalue weighted by Crippen LogP contribution is -2.52. The van der Waals surface area contributed by atoms with Crippen molar-refractivity contribution in [3.63, 3.8) is 0 Å². The molecule has 112 valence electrons. The van der Waals surface area contributed by atoms with Crippen molar-refractivity contribution in [3.05, 3.63) is 27.0 Å². The van der Waals surface area contributed by atoms with Gasteiger partial charge in [-0.2, -0.15) is 4.31 Å². The molecule has 1 aromatic heterocycles. The van der Waals surface area contributed by atoms with Gasteiger partial charge in [-0.25, -0.2) is 13.2 Å². The Morgan fingerprint density at radius 3 is 2.80 bits per heavy atom. The number of morpholine rings is 1. The predicted octanol–water partition coefficient (Wildman–Crippen LogP) is -2.17. The molecule has 1 fully saturated rings. The van der Waals surface area contributed by atoms with E-state index in [2.05, 4.69) is 4.98 Å². The smallest absolute Gasteiger partial charge is 0.325 e. The minimum absolute atomic E-state index is 0.0570. The summed E-state index contributed by atoms with van der Waals surface area (Å²) in [6.07, 6.45) is 0.231. The van der Waals surface area contributed by atoms with E-state index < -0.39 is 38.3 Å². The maximum atomic E-state index is 12.4. The molecule has 9 nitrogen and oxygen atoms in total. The van der Waals surface area contributed by atoms with Gasteiger partial charge < -0.3 is 14.8 Å². The van der Waals surface area contributed by atoms with Crippen molar-refractivity contribution in [3.8, 4) is 0 Å². The largest absolute Gasteiger partial charge is 0.394 e. The molecule has 1 aliphatic rings. The Morgan fingerprint density at radius 2 is 2.20 bits per heavy atom. The molecule has 0 amide bonds. The van der Waals surface area contributed by atoms with Crippen molar-refractivity contribution in [1.29, 1.82) is 0 Å². The SMILES string of the molecule is CC1COC(CO)CN1S(=O)(=O)c1c[nH]c(=O)[nH]c1=O. The van der Waals surface area contributed by atoms with Crippen LogP contribution in [0.15, 0.2) is 20.7 Å². The second-order valence-corrected chi connectivity index (χ2v) is 6.36. The van der Waals surface area contributed by atoms with Crippen molar-refractivity contribution in [2.45, 2.75) is 24.0 Å². The molecule has 0 spiro atoms. The van der Waals surface area contributed by atoms with E-state index in [1.807, 2.05) is 4.98 Å². The van der Waals surface area contributed by atoms with Gasteiger partial charge in [0.05, 0.1) is 19.3 Å². The highest BCUT2D eigenvalue weighted by atomic mass is 32.2. The third-order valence-corrected chi connectivity index (χ3v) is 5.01. The Bertz CT molecular complexity index is 693. The molecule has 1 aliphatic heterocycles. The Morgan fingerprint density at radius 1 is 1.50 bits per heavy atom. The molecule has 0 saturated carbocycles. The second kappa shape index (κ2) is 5.48. The molecular formula is C10H15N3O6S. The van der Waals surface area contributed by atoms with Crippen molar-refractivity contribution < 1.29 is 18.3 Å². The Hall–Kier alpha value is -1.49. The van der Waals surface area contributed by atoms with Gasteiger partial charge in [0, 0.05) is 18.8 Å². The maximum absolute atomic E-state index is 12.4. The Kier molecular flexibility index (Phi) is 4.09. The molecule has 1 saturated heterocycles. The number of nitrogens with one attached hydrogen (secondary N) is 2. The first-order valence-corrected chi connectivity index (χ1v) is 7.36. The van der Waals surface area contributed by atoms with Gasteiger partial charge in [-0.15, -0.1) is 0 Å². The molecule has 20 heavy (non-hydrogen) atoms. The van der Waals surface area contributed by atoms with Crippen LogP contribution in [0.4, 0.5) is 0 Å². The first kappa shape index (κ1) is 14.9. The number of aromatic nitrogens is 2. The minimum Gasteiger partial charge on any atom is -0.394 e. The van der Waals surface area contributed by atoms with Crippen molar-refractivity contribution >= 4 is 10.0 Å². The Balaban J connectivity index is 2.43. The minimum atomic E-state index is -4.07. The molecule has 0 bridgehead atoms. The van der Waals surface area contributed by atoms with Crippen LogP contribution >= 0.6 is 0 Å². The third-order valence-electron chi connectivity index (χ3n) is 3.02. The number of aliphatic hydroxyl groups is 1. The fourth-order valence-electron chi connectivity index (χ4n) is 1.95. The van der Waals surface area contributed by atoms with Crippen LogP contribution in [0, 0.1) is 0 Å². The number of aliphatic hydroxyl groups excluding tert-OH is 1. The van der Waals surface area contributed by atoms with Crippen LogP contribution in [0.3, 0.4) is 0 Å². The summed E-state index contributed by atoms with van der Waals surface area (Å²) < 4.78 is 31.2. The third kappa shape index (κ3) is 2.68. The fraction of sp³-hybridized carbons (Fsp3) is 0.600. The van der Waals surface area contributed by atoms with Crippen LogP contribution < -0.4 is 11.2 Å². The summed E-state index contributed by atoms with van der Waals surface area (Å²) in [6, 6.07) is -0.478. The van der Waals surface area contributed by atoms with Gasteiger partial charge in [0.1, 0.15) is 0 Å². The number of nitrogens with zero attached hydrogens (tertiary/aromatic N) is 1. The maximum Gasteiger partial charge on any atom is 0.325 e. The summed E-state index contributed by atoms with van der Waals surface area (Å²) >= 11 is 0. The Labute approximate surface area is 114 Å². The normalized spacial score (nSPS) is 24.7. The van der Waals surface area contributed by atoms with Crippen LogP contribution in [-0.2, 0) is 14.8 Å². The molecule has 2 heterocycles. The average molecular weight is 305 g/mol. The first-order valence-electron chi connectivity index (χ1n) is 5.92. The molecule has 2 rings (SSSR count). The summed E-state index contributed by atoms with van der Waals surface area (Å²) in [4.78, 5) is 26.0. The highest BCUT2D eigenvalue weighted by Crippen LogP contribution is 2.19. The number of ether oxygens (including phenoxy) is 1. The summed E-state index contributed by atoms with van der Waals surface area (Å²) in [5.74, 6) is 0. The number of hydrogen-bond acceptors (Lipinski definition) is 6. The van der Waals surface area contributed by atoms with Gasteiger partial charge in [-0.1, -0.05) is 0 Å². The number of aromatic amines is 2. The van der Waals surface area contributed by atoms with Gasteiger partial charge in [-0.3, -0.25) is 9.78 Å². The van der Waals surface area contributed by atoms with Crippen molar-refractivity contribution in [2.24, 2.45) is 0 Å². The average Bonchev–Trinajstić information content (AvgIpc) is 2.38. The number of hydrogen-bond donors (Lipinski definition) is 3. The number of sulfonamides is 1. The van der Waals surface area contributed by atoms with Crippen LogP contribution in [-0.4, -0.2) is 59.7 Å². The van der Waals surface area contributed by atoms with Crippen LogP contribution in [0.1, 0.15) is 6.92 Å². The summed E-state index contributed by atoms with van der Waals surface area (Å²) in [5.41, 5.74) is -1.76. The zero-order valence-electron chi connectivity index (χ0n) is 10.7. The van der Waals surface area contributed by atoms with E-state index in [0.29, 0.717) is 0 Å². The van der Waals surface area contributed by atoms with E-state index >= 15 is 0 Å². The summed E-state index contributed by atoms with van der Waals surface area (Å²) in [7, 11) is -4.07. The molecule has 2 atom stereocenters. The van der Waals surface area contributed by atoms with E-state index in [1.54, 1.807) is 6.92 Å². The van der Waals surface area contributed by atoms with Gasteiger partial charge >= 0.3 is 5.69 Å². The second-order valence-electron chi connectivity index (χ2n) is 4.50. The molecular weight excluding hydrogens is 290 g/mol. The van der Waals surface area contributed by atoms with Gasteiger partial charge in [0.2, 0.25) is 10.0 Å². The van der Waals surface area contributed by atoms with E-state index in [4.69, 9.17) is 9.84 Å². The summed E-state index contributed by atoms with van der Waals surface area (Å²) in [6.45, 7) is 1.37. The van der Waals surface area contributed by atoms with Crippen LogP contribution in [0.2, 0.25) is 0 Å². The topological polar surface area (TPSA) is 133 Å². The van der Waals surface area contributed by atoms with E-state index in [0.717, 1.165) is 10.5 Å². The lowest BCUT2D eigenvalue weighted by molar-refractivity contribution is -0.0516. The van der Waals surface area contributed by atoms with Crippen LogP contribution in [0.25, 0.3) is 0 Å². The van der Waals surface area contributed by atoms with E-state index in [1.165, 1.54) is 0 Å². The monoisotopic (exact) mass is 305 g/mol. The molecule has 0 radical (unpaired) electrons. The lowest BCUT2D eigenvalue weighted by atomic mass is 10.2. The highest BCUT2D eigenvalue weighted by molar-refractivity contribution is 7.89. The number of rotatable bonds is 3.